The quantitative estimate of drug-likeness (QED) is 0.664. The summed E-state index contributed by atoms with van der Waals surface area (Å²) in [5.41, 5.74) is -0.00120. The number of rotatable bonds is 7. The summed E-state index contributed by atoms with van der Waals surface area (Å²) in [4.78, 5) is 25.0. The second-order valence-corrected chi connectivity index (χ2v) is 5.31. The fourth-order valence-corrected chi connectivity index (χ4v) is 2.57. The molecule has 0 atom stereocenters. The molecule has 6 nitrogen and oxygen atoms in total. The Bertz CT molecular complexity index is 759. The van der Waals surface area contributed by atoms with Crippen LogP contribution in [0.25, 0.3) is 10.9 Å². The summed E-state index contributed by atoms with van der Waals surface area (Å²) in [6, 6.07) is 7.07. The summed E-state index contributed by atoms with van der Waals surface area (Å²) in [7, 11) is 0. The van der Waals surface area contributed by atoms with Crippen molar-refractivity contribution in [2.24, 2.45) is 0 Å². The van der Waals surface area contributed by atoms with E-state index >= 15 is 0 Å². The minimum atomic E-state index is -0.541. The lowest BCUT2D eigenvalue weighted by molar-refractivity contribution is 0.0949. The van der Waals surface area contributed by atoms with Gasteiger partial charge < -0.3 is 20.3 Å². The van der Waals surface area contributed by atoms with Crippen LogP contribution in [0.1, 0.15) is 30.6 Å². The molecule has 0 aliphatic rings. The van der Waals surface area contributed by atoms with Crippen LogP contribution in [0.15, 0.2) is 29.1 Å². The van der Waals surface area contributed by atoms with Gasteiger partial charge in [-0.1, -0.05) is 26.0 Å². The molecule has 0 saturated carbocycles. The van der Waals surface area contributed by atoms with Gasteiger partial charge in [0.2, 0.25) is 0 Å². The van der Waals surface area contributed by atoms with Crippen LogP contribution in [0, 0.1) is 0 Å². The number of hydrogen-bond acceptors (Lipinski definition) is 4. The van der Waals surface area contributed by atoms with Gasteiger partial charge in [0, 0.05) is 25.0 Å². The summed E-state index contributed by atoms with van der Waals surface area (Å²) in [5.74, 6) is -0.792. The first-order chi connectivity index (χ1) is 11.1. The highest BCUT2D eigenvalue weighted by molar-refractivity contribution is 6.02. The summed E-state index contributed by atoms with van der Waals surface area (Å²) >= 11 is 0. The minimum absolute atomic E-state index is 0. The topological polar surface area (TPSA) is 83.4 Å². The number of amides is 1. The van der Waals surface area contributed by atoms with E-state index in [-0.39, 0.29) is 23.7 Å². The second kappa shape index (κ2) is 9.30. The van der Waals surface area contributed by atoms with E-state index in [1.807, 2.05) is 19.9 Å². The molecule has 1 amide bonds. The van der Waals surface area contributed by atoms with E-state index in [1.165, 1.54) is 0 Å². The SMILES string of the molecule is CCCn1c(=O)c(C(=O)NCCNCC)c(O)c2ccccc21.Cl. The molecule has 1 aromatic heterocycles. The van der Waals surface area contributed by atoms with Crippen LogP contribution in [0.3, 0.4) is 0 Å². The van der Waals surface area contributed by atoms with Crippen LogP contribution >= 0.6 is 12.4 Å². The van der Waals surface area contributed by atoms with Gasteiger partial charge in [0.1, 0.15) is 11.3 Å². The van der Waals surface area contributed by atoms with E-state index in [4.69, 9.17) is 0 Å². The van der Waals surface area contributed by atoms with Gasteiger partial charge in [0.05, 0.1) is 5.52 Å². The van der Waals surface area contributed by atoms with Crippen LogP contribution in [0.4, 0.5) is 0 Å². The van der Waals surface area contributed by atoms with Crippen molar-refractivity contribution in [3.63, 3.8) is 0 Å². The summed E-state index contributed by atoms with van der Waals surface area (Å²) < 4.78 is 1.55. The normalized spacial score (nSPS) is 10.4. The molecule has 132 valence electrons. The third-order valence-electron chi connectivity index (χ3n) is 3.66. The zero-order valence-electron chi connectivity index (χ0n) is 14.0. The third kappa shape index (κ3) is 4.07. The van der Waals surface area contributed by atoms with Gasteiger partial charge in [-0.25, -0.2) is 0 Å². The molecule has 0 fully saturated rings. The fraction of sp³-hybridized carbons (Fsp3) is 0.412. The number of halogens is 1. The average Bonchev–Trinajstić information content (AvgIpc) is 2.55. The Kier molecular flexibility index (Phi) is 7.74. The Morgan fingerprint density at radius 3 is 2.58 bits per heavy atom. The van der Waals surface area contributed by atoms with Gasteiger partial charge >= 0.3 is 0 Å². The van der Waals surface area contributed by atoms with E-state index in [1.54, 1.807) is 22.8 Å². The average molecular weight is 354 g/mol. The Labute approximate surface area is 147 Å². The van der Waals surface area contributed by atoms with Crippen LogP contribution < -0.4 is 16.2 Å². The maximum atomic E-state index is 12.7. The standard InChI is InChI=1S/C17H23N3O3.ClH/c1-3-11-20-13-8-6-5-7-12(13)15(21)14(17(20)23)16(22)19-10-9-18-4-2;/h5-8,18,21H,3-4,9-11H2,1-2H3,(H,19,22);1H. The van der Waals surface area contributed by atoms with Crippen molar-refractivity contribution in [2.75, 3.05) is 19.6 Å². The summed E-state index contributed by atoms with van der Waals surface area (Å²) in [5, 5.41) is 16.7. The van der Waals surface area contributed by atoms with Crippen LogP contribution in [0.2, 0.25) is 0 Å². The number of hydrogen-bond donors (Lipinski definition) is 3. The molecule has 1 aromatic carbocycles. The number of likely N-dealkylation sites (N-methyl/N-ethyl adjacent to an activating group) is 1. The van der Waals surface area contributed by atoms with Gasteiger partial charge in [-0.05, 0) is 25.1 Å². The minimum Gasteiger partial charge on any atom is -0.506 e. The number of nitrogens with one attached hydrogen (secondary N) is 2. The monoisotopic (exact) mass is 353 g/mol. The number of pyridine rings is 1. The first kappa shape index (κ1) is 20.0. The zero-order chi connectivity index (χ0) is 16.8. The molecule has 2 rings (SSSR count). The highest BCUT2D eigenvalue weighted by Gasteiger charge is 2.21. The van der Waals surface area contributed by atoms with E-state index in [9.17, 15) is 14.7 Å². The molecule has 1 heterocycles. The van der Waals surface area contributed by atoms with Crippen LogP contribution in [-0.2, 0) is 6.54 Å². The van der Waals surface area contributed by atoms with Crippen molar-refractivity contribution in [2.45, 2.75) is 26.8 Å². The van der Waals surface area contributed by atoms with Crippen molar-refractivity contribution < 1.29 is 9.90 Å². The number of para-hydroxylation sites is 1. The number of benzene rings is 1. The van der Waals surface area contributed by atoms with Crippen LogP contribution in [0.5, 0.6) is 5.75 Å². The maximum Gasteiger partial charge on any atom is 0.267 e. The second-order valence-electron chi connectivity index (χ2n) is 5.31. The van der Waals surface area contributed by atoms with E-state index in [0.717, 1.165) is 13.0 Å². The number of nitrogens with zero attached hydrogens (tertiary/aromatic N) is 1. The van der Waals surface area contributed by atoms with Gasteiger partial charge in [-0.2, -0.15) is 0 Å². The molecular formula is C17H24ClN3O3. The van der Waals surface area contributed by atoms with Crippen molar-refractivity contribution in [1.29, 1.82) is 0 Å². The molecule has 24 heavy (non-hydrogen) atoms. The number of carbonyl (C=O) groups is 1. The number of fused-ring (bicyclic) bond motifs is 1. The highest BCUT2D eigenvalue weighted by Crippen LogP contribution is 2.26. The highest BCUT2D eigenvalue weighted by atomic mass is 35.5. The Morgan fingerprint density at radius 2 is 1.92 bits per heavy atom. The van der Waals surface area contributed by atoms with Crippen LogP contribution in [-0.4, -0.2) is 35.2 Å². The molecule has 0 spiro atoms. The lowest BCUT2D eigenvalue weighted by Gasteiger charge is -2.14. The predicted octanol–water partition coefficient (Wildman–Crippen LogP) is 1.88. The van der Waals surface area contributed by atoms with Crippen molar-refractivity contribution in [3.05, 3.63) is 40.2 Å². The Hall–Kier alpha value is -2.05. The van der Waals surface area contributed by atoms with Gasteiger partial charge in [0.25, 0.3) is 11.5 Å². The number of aromatic nitrogens is 1. The summed E-state index contributed by atoms with van der Waals surface area (Å²) in [6.45, 7) is 6.24. The Balaban J connectivity index is 0.00000288. The molecule has 0 aliphatic carbocycles. The van der Waals surface area contributed by atoms with Gasteiger partial charge in [0.15, 0.2) is 0 Å². The molecular weight excluding hydrogens is 330 g/mol. The zero-order valence-corrected chi connectivity index (χ0v) is 14.8. The largest absolute Gasteiger partial charge is 0.506 e. The first-order valence-electron chi connectivity index (χ1n) is 7.95. The number of aryl methyl sites for hydroxylation is 1. The van der Waals surface area contributed by atoms with E-state index < -0.39 is 11.5 Å². The summed E-state index contributed by atoms with van der Waals surface area (Å²) in [6.07, 6.45) is 0.760. The number of carbonyl (C=O) groups excluding carboxylic acids is 1. The lowest BCUT2D eigenvalue weighted by atomic mass is 10.1. The molecule has 0 radical (unpaired) electrons. The molecule has 0 saturated heterocycles. The van der Waals surface area contributed by atoms with Crippen molar-refractivity contribution >= 4 is 29.2 Å². The van der Waals surface area contributed by atoms with Crippen molar-refractivity contribution in [1.82, 2.24) is 15.2 Å². The fourth-order valence-electron chi connectivity index (χ4n) is 2.57. The molecule has 7 heteroatoms. The molecule has 0 bridgehead atoms. The Morgan fingerprint density at radius 1 is 1.21 bits per heavy atom. The number of aromatic hydroxyl groups is 1. The van der Waals surface area contributed by atoms with Crippen molar-refractivity contribution in [3.8, 4) is 5.75 Å². The molecule has 2 aromatic rings. The first-order valence-corrected chi connectivity index (χ1v) is 7.95. The lowest BCUT2D eigenvalue weighted by Crippen LogP contribution is -2.36. The van der Waals surface area contributed by atoms with Gasteiger partial charge in [-0.3, -0.25) is 9.59 Å². The maximum absolute atomic E-state index is 12.7. The van der Waals surface area contributed by atoms with E-state index in [2.05, 4.69) is 10.6 Å². The molecule has 0 unspecified atom stereocenters. The smallest absolute Gasteiger partial charge is 0.267 e. The van der Waals surface area contributed by atoms with Gasteiger partial charge in [-0.15, -0.1) is 12.4 Å². The van der Waals surface area contributed by atoms with E-state index in [0.29, 0.717) is 30.5 Å². The predicted molar refractivity (Wildman–Crippen MR) is 98.3 cm³/mol. The molecule has 0 aliphatic heterocycles. The molecule has 3 N–H and O–H groups in total. The third-order valence-corrected chi connectivity index (χ3v) is 3.66.